The Hall–Kier alpha value is -6.97. The summed E-state index contributed by atoms with van der Waals surface area (Å²) in [5, 5.41) is 25.5. The van der Waals surface area contributed by atoms with E-state index in [0.29, 0.717) is 51.6 Å². The minimum atomic E-state index is -1.65. The third kappa shape index (κ3) is 25.6. The average Bonchev–Trinajstić information content (AvgIpc) is 0.810. The van der Waals surface area contributed by atoms with Crippen molar-refractivity contribution >= 4 is 76.8 Å². The summed E-state index contributed by atoms with van der Waals surface area (Å²) in [7, 11) is 13.1. The summed E-state index contributed by atoms with van der Waals surface area (Å²) in [5.41, 5.74) is 0. The van der Waals surface area contributed by atoms with Gasteiger partial charge in [-0.3, -0.25) is 62.3 Å². The molecule has 105 heavy (non-hydrogen) atoms. The number of piperidine rings is 1. The van der Waals surface area contributed by atoms with E-state index in [4.69, 9.17) is 4.74 Å². The summed E-state index contributed by atoms with van der Waals surface area (Å²) >= 11 is 0. The van der Waals surface area contributed by atoms with Crippen molar-refractivity contribution < 1.29 is 72.2 Å². The van der Waals surface area contributed by atoms with E-state index in [2.05, 4.69) is 26.6 Å². The molecule has 0 spiro atoms. The van der Waals surface area contributed by atoms with Gasteiger partial charge in [0, 0.05) is 76.6 Å². The molecule has 2 saturated heterocycles. The third-order valence-electron chi connectivity index (χ3n) is 22.2. The normalized spacial score (nSPS) is 28.6. The number of nitrogens with one attached hydrogen (secondary N) is 5. The molecule has 0 aromatic heterocycles. The van der Waals surface area contributed by atoms with E-state index in [9.17, 15) is 38.7 Å². The van der Waals surface area contributed by atoms with E-state index in [0.717, 1.165) is 48.3 Å². The summed E-state index contributed by atoms with van der Waals surface area (Å²) in [4.78, 5) is 204. The number of carbonyl (C=O) groups is 13. The standard InChI is InChI=1S/C77H135N13O15/c1-22-56-68(95)79-54(34-32-52-31-33-53(67(94)78-13)62(42-52)105-21)72(99)88(19)60(40-48(8)9)74(101)86(17)58(38-46(4)5)70(97)81-65(49(10)11)77(104)89(20)61(41-51-29-25-23-26-30-51)75(102)87(18)59(39-47(6)7)71(98)82-66(50(12)91)76(103)83(14)44-64(93)85(16)57(37-45(2)3)69(96)80-55(43-63(92)84(56)15)73(100)90-35-27-24-28-36-90/h45-62,65-66,91H,22-44H2,1-21H3,(H,78,94)(H,79,95)(H,80,96)(H,81,97)(H,82,98)/t50-,52?,53?,54+,55+,56+,57+,58+,59+,60+,61+,62?,65+,66+/m1/s1. The predicted molar refractivity (Wildman–Crippen MR) is 401 cm³/mol. The fraction of sp³-hybridized carbons (Fsp3) is 0.831. The number of carbonyl (C=O) groups excluding carboxylic acids is 13. The molecule has 0 aromatic rings. The molecule has 2 aliphatic heterocycles. The van der Waals surface area contributed by atoms with Crippen molar-refractivity contribution in [3.05, 3.63) is 0 Å². The van der Waals surface area contributed by atoms with Crippen molar-refractivity contribution in [3.63, 3.8) is 0 Å². The van der Waals surface area contributed by atoms with E-state index in [1.54, 1.807) is 39.8 Å². The van der Waals surface area contributed by atoms with Crippen LogP contribution in [0.15, 0.2) is 0 Å². The molecule has 13 amide bonds. The van der Waals surface area contributed by atoms with Crippen molar-refractivity contribution in [2.24, 2.45) is 47.3 Å². The maximum Gasteiger partial charge on any atom is 0.248 e. The van der Waals surface area contributed by atoms with Gasteiger partial charge in [0.2, 0.25) is 76.8 Å². The lowest BCUT2D eigenvalue weighted by atomic mass is 9.77. The van der Waals surface area contributed by atoms with Crippen molar-refractivity contribution in [2.45, 2.75) is 284 Å². The maximum atomic E-state index is 15.6. The van der Waals surface area contributed by atoms with Crippen LogP contribution in [0, 0.1) is 47.3 Å². The lowest BCUT2D eigenvalue weighted by Gasteiger charge is -2.40. The highest BCUT2D eigenvalue weighted by Crippen LogP contribution is 2.35. The van der Waals surface area contributed by atoms with Crippen LogP contribution in [0.25, 0.3) is 0 Å². The minimum Gasteiger partial charge on any atom is -0.391 e. The summed E-state index contributed by atoms with van der Waals surface area (Å²) < 4.78 is 5.85. The molecule has 2 aliphatic carbocycles. The second kappa shape index (κ2) is 42.5. The molecule has 28 nitrogen and oxygen atoms in total. The number of amides is 13. The first-order chi connectivity index (χ1) is 49.2. The Labute approximate surface area is 626 Å². The van der Waals surface area contributed by atoms with Gasteiger partial charge in [0.05, 0.1) is 31.1 Å². The molecule has 4 aliphatic rings. The molecule has 0 aromatic carbocycles. The number of likely N-dealkylation sites (N-methyl/N-ethyl adjacent to an activating group) is 7. The van der Waals surface area contributed by atoms with Gasteiger partial charge < -0.3 is 75.6 Å². The van der Waals surface area contributed by atoms with Crippen LogP contribution in [0.2, 0.25) is 0 Å². The summed E-state index contributed by atoms with van der Waals surface area (Å²) in [5.74, 6) is -10.2. The minimum absolute atomic E-state index is 0.0119. The Bertz CT molecular complexity index is 2930. The Balaban J connectivity index is 1.98. The number of aliphatic hydroxyl groups excluding tert-OH is 1. The van der Waals surface area contributed by atoms with Crippen molar-refractivity contribution in [1.29, 1.82) is 0 Å². The molecule has 2 saturated carbocycles. The van der Waals surface area contributed by atoms with Crippen LogP contribution in [0.1, 0.15) is 212 Å². The number of hydrogen-bond acceptors (Lipinski definition) is 15. The van der Waals surface area contributed by atoms with E-state index in [1.165, 1.54) is 80.8 Å². The molecule has 4 fully saturated rings. The predicted octanol–water partition coefficient (Wildman–Crippen LogP) is 4.32. The molecule has 3 unspecified atom stereocenters. The van der Waals surface area contributed by atoms with E-state index >= 15 is 28.8 Å². The Kier molecular flexibility index (Phi) is 36.6. The van der Waals surface area contributed by atoms with Gasteiger partial charge in [-0.2, -0.15) is 0 Å². The van der Waals surface area contributed by atoms with E-state index in [-0.39, 0.29) is 86.4 Å². The summed E-state index contributed by atoms with van der Waals surface area (Å²) in [6, 6.07) is -13.0. The van der Waals surface area contributed by atoms with Crippen LogP contribution in [-0.2, 0) is 67.1 Å². The van der Waals surface area contributed by atoms with Gasteiger partial charge in [0.1, 0.15) is 60.4 Å². The molecule has 0 bridgehead atoms. The zero-order valence-corrected chi connectivity index (χ0v) is 67.6. The first-order valence-corrected chi connectivity index (χ1v) is 39.0. The van der Waals surface area contributed by atoms with Crippen LogP contribution in [0.5, 0.6) is 0 Å². The first-order valence-electron chi connectivity index (χ1n) is 39.0. The lowest BCUT2D eigenvalue weighted by Crippen LogP contribution is -2.62. The van der Waals surface area contributed by atoms with Gasteiger partial charge in [-0.15, -0.1) is 0 Å². The number of hydrogen-bond donors (Lipinski definition) is 6. The van der Waals surface area contributed by atoms with Crippen LogP contribution in [0.3, 0.4) is 0 Å². The molecular weight excluding hydrogens is 1350 g/mol. The van der Waals surface area contributed by atoms with Gasteiger partial charge in [-0.05, 0) is 138 Å². The molecule has 14 atom stereocenters. The first kappa shape index (κ1) is 90.4. The monoisotopic (exact) mass is 1480 g/mol. The van der Waals surface area contributed by atoms with Gasteiger partial charge in [0.15, 0.2) is 0 Å². The van der Waals surface area contributed by atoms with Crippen LogP contribution in [-0.4, -0.2) is 277 Å². The zero-order valence-electron chi connectivity index (χ0n) is 67.6. The van der Waals surface area contributed by atoms with Gasteiger partial charge in [0.25, 0.3) is 0 Å². The smallest absolute Gasteiger partial charge is 0.248 e. The fourth-order valence-electron chi connectivity index (χ4n) is 15.5. The highest BCUT2D eigenvalue weighted by atomic mass is 16.5. The molecular formula is C77H135N13O15. The lowest BCUT2D eigenvalue weighted by molar-refractivity contribution is -0.152. The second-order valence-corrected chi connectivity index (χ2v) is 32.7. The van der Waals surface area contributed by atoms with Crippen molar-refractivity contribution in [3.8, 4) is 0 Å². The highest BCUT2D eigenvalue weighted by molar-refractivity contribution is 6.00. The molecule has 4 rings (SSSR count). The average molecular weight is 1480 g/mol. The van der Waals surface area contributed by atoms with Crippen LogP contribution >= 0.6 is 0 Å². The number of methoxy groups -OCH3 is 1. The fourth-order valence-corrected chi connectivity index (χ4v) is 15.5. The summed E-state index contributed by atoms with van der Waals surface area (Å²) in [6.45, 7) is 21.5. The van der Waals surface area contributed by atoms with Gasteiger partial charge in [-0.25, -0.2) is 0 Å². The Morgan fingerprint density at radius 1 is 0.495 bits per heavy atom. The molecule has 598 valence electrons. The molecule has 0 radical (unpaired) electrons. The number of ether oxygens (including phenoxy) is 1. The topological polar surface area (TPSA) is 337 Å². The second-order valence-electron chi connectivity index (χ2n) is 32.7. The number of nitrogens with zero attached hydrogens (tertiary/aromatic N) is 8. The largest absolute Gasteiger partial charge is 0.391 e. The molecule has 2 heterocycles. The number of likely N-dealkylation sites (tertiary alicyclic amines) is 1. The Morgan fingerprint density at radius 3 is 1.45 bits per heavy atom. The SMILES string of the molecule is CC[C@H]1C(=O)N[C@@H](CCC2CCC(C(=O)NC)C(OC)C2)C(=O)N(C)[C@@H](CC(C)C)C(=O)N(C)[C@@H](CC(C)C)C(=O)N[C@@H](C(C)C)C(=O)N(C)[C@@H](CC2CCCCC2)C(=O)N(C)[C@@H](CC(C)C)C(=O)N[C@@H]([C@@H](C)O)C(=O)N(C)CC(=O)N(C)[C@@H](CC(C)C)C(=O)N[C@H](C(=O)N2CCCCC2)CC(=O)N1C. The zero-order chi connectivity index (χ0) is 79.2. The number of rotatable bonds is 19. The van der Waals surface area contributed by atoms with E-state index < -0.39 is 168 Å². The van der Waals surface area contributed by atoms with E-state index in [1.807, 2.05) is 55.4 Å². The third-order valence-corrected chi connectivity index (χ3v) is 22.2. The van der Waals surface area contributed by atoms with Crippen molar-refractivity contribution in [1.82, 2.24) is 65.8 Å². The Morgan fingerprint density at radius 2 is 0.952 bits per heavy atom. The van der Waals surface area contributed by atoms with Crippen molar-refractivity contribution in [2.75, 3.05) is 83.1 Å². The maximum absolute atomic E-state index is 15.6. The molecule has 28 heteroatoms. The number of aliphatic hydroxyl groups is 1. The molecule has 6 N–H and O–H groups in total. The van der Waals surface area contributed by atoms with Gasteiger partial charge >= 0.3 is 0 Å². The quantitative estimate of drug-likeness (QED) is 0.105. The summed E-state index contributed by atoms with van der Waals surface area (Å²) in [6.07, 6.45) is 6.68. The van der Waals surface area contributed by atoms with Crippen LogP contribution < -0.4 is 26.6 Å². The van der Waals surface area contributed by atoms with Gasteiger partial charge in [-0.1, -0.05) is 108 Å². The highest BCUT2D eigenvalue weighted by Gasteiger charge is 2.46. The van der Waals surface area contributed by atoms with Crippen LogP contribution in [0.4, 0.5) is 0 Å².